The molecule has 2 N–H and O–H groups in total. The van der Waals surface area contributed by atoms with Gasteiger partial charge in [0.15, 0.2) is 0 Å². The second kappa shape index (κ2) is 8.16. The Labute approximate surface area is 134 Å². The fraction of sp³-hybridized carbons (Fsp3) is 0.941. The molecule has 5 heteroatoms. The Bertz CT molecular complexity index is 348. The van der Waals surface area contributed by atoms with Gasteiger partial charge in [0.25, 0.3) is 0 Å². The van der Waals surface area contributed by atoms with Crippen molar-refractivity contribution in [2.24, 2.45) is 0 Å². The van der Waals surface area contributed by atoms with Crippen molar-refractivity contribution in [1.82, 2.24) is 10.6 Å². The molecule has 128 valence electrons. The van der Waals surface area contributed by atoms with Gasteiger partial charge in [-0.1, -0.05) is 12.8 Å². The van der Waals surface area contributed by atoms with Crippen molar-refractivity contribution in [1.29, 1.82) is 0 Å². The standard InChI is InChI=1S/C17H32N2O3/c1-17(2,3)22-16(20)19-14-9-8-13(12-14)18-10-11-21-15-6-4-5-7-15/h13-15,18H,4-12H2,1-3H3,(H,19,20). The zero-order valence-electron chi connectivity index (χ0n) is 14.3. The molecule has 2 aliphatic carbocycles. The van der Waals surface area contributed by atoms with Gasteiger partial charge in [-0.15, -0.1) is 0 Å². The molecule has 22 heavy (non-hydrogen) atoms. The smallest absolute Gasteiger partial charge is 0.407 e. The van der Waals surface area contributed by atoms with Crippen molar-refractivity contribution in [3.63, 3.8) is 0 Å². The lowest BCUT2D eigenvalue weighted by molar-refractivity contribution is 0.0503. The van der Waals surface area contributed by atoms with Crippen LogP contribution >= 0.6 is 0 Å². The lowest BCUT2D eigenvalue weighted by Gasteiger charge is -2.22. The number of amides is 1. The summed E-state index contributed by atoms with van der Waals surface area (Å²) >= 11 is 0. The minimum atomic E-state index is -0.433. The Morgan fingerprint density at radius 2 is 1.77 bits per heavy atom. The predicted octanol–water partition coefficient (Wildman–Crippen LogP) is 2.98. The summed E-state index contributed by atoms with van der Waals surface area (Å²) in [5.41, 5.74) is -0.433. The summed E-state index contributed by atoms with van der Waals surface area (Å²) in [7, 11) is 0. The summed E-state index contributed by atoms with van der Waals surface area (Å²) in [6.45, 7) is 7.35. The summed E-state index contributed by atoms with van der Waals surface area (Å²) in [5.74, 6) is 0. The van der Waals surface area contributed by atoms with Crippen LogP contribution in [0.25, 0.3) is 0 Å². The fourth-order valence-electron chi connectivity index (χ4n) is 3.32. The van der Waals surface area contributed by atoms with Crippen molar-refractivity contribution in [2.75, 3.05) is 13.2 Å². The second-order valence-corrected chi connectivity index (χ2v) is 7.58. The van der Waals surface area contributed by atoms with Crippen LogP contribution in [0.5, 0.6) is 0 Å². The van der Waals surface area contributed by atoms with E-state index in [-0.39, 0.29) is 12.1 Å². The third-order valence-corrected chi connectivity index (χ3v) is 4.34. The number of hydrogen-bond donors (Lipinski definition) is 2. The van der Waals surface area contributed by atoms with Crippen molar-refractivity contribution >= 4 is 6.09 Å². The lowest BCUT2D eigenvalue weighted by atomic mass is 10.2. The van der Waals surface area contributed by atoms with Crippen molar-refractivity contribution < 1.29 is 14.3 Å². The first-order valence-corrected chi connectivity index (χ1v) is 8.77. The molecule has 2 atom stereocenters. The maximum Gasteiger partial charge on any atom is 0.407 e. The summed E-state index contributed by atoms with van der Waals surface area (Å²) in [6.07, 6.45) is 8.37. The Morgan fingerprint density at radius 1 is 1.09 bits per heavy atom. The maximum absolute atomic E-state index is 11.8. The largest absolute Gasteiger partial charge is 0.444 e. The van der Waals surface area contributed by atoms with Crippen LogP contribution in [0.3, 0.4) is 0 Å². The van der Waals surface area contributed by atoms with Crippen LogP contribution in [-0.4, -0.2) is 43.0 Å². The first kappa shape index (κ1) is 17.5. The molecule has 2 aliphatic rings. The monoisotopic (exact) mass is 312 g/mol. The molecule has 0 saturated heterocycles. The molecule has 1 amide bonds. The Hall–Kier alpha value is -0.810. The normalized spacial score (nSPS) is 26.3. The summed E-state index contributed by atoms with van der Waals surface area (Å²) in [6, 6.07) is 0.704. The number of carbonyl (C=O) groups excluding carboxylic acids is 1. The zero-order valence-corrected chi connectivity index (χ0v) is 14.3. The highest BCUT2D eigenvalue weighted by molar-refractivity contribution is 5.68. The maximum atomic E-state index is 11.8. The molecule has 2 rings (SSSR count). The van der Waals surface area contributed by atoms with E-state index in [1.807, 2.05) is 20.8 Å². The quantitative estimate of drug-likeness (QED) is 0.740. The summed E-state index contributed by atoms with van der Waals surface area (Å²) < 4.78 is 11.2. The van der Waals surface area contributed by atoms with Gasteiger partial charge in [-0.05, 0) is 52.9 Å². The highest BCUT2D eigenvalue weighted by atomic mass is 16.6. The van der Waals surface area contributed by atoms with E-state index in [1.54, 1.807) is 0 Å². The van der Waals surface area contributed by atoms with Crippen molar-refractivity contribution in [2.45, 2.75) is 89.5 Å². The van der Waals surface area contributed by atoms with E-state index in [4.69, 9.17) is 9.47 Å². The third kappa shape index (κ3) is 6.53. The molecule has 0 aromatic rings. The van der Waals surface area contributed by atoms with E-state index < -0.39 is 5.60 Å². The Balaban J connectivity index is 1.54. The molecule has 0 aromatic carbocycles. The first-order valence-electron chi connectivity index (χ1n) is 8.77. The molecule has 2 fully saturated rings. The van der Waals surface area contributed by atoms with Crippen LogP contribution in [0.4, 0.5) is 4.79 Å². The highest BCUT2D eigenvalue weighted by Gasteiger charge is 2.27. The fourth-order valence-corrected chi connectivity index (χ4v) is 3.32. The van der Waals surface area contributed by atoms with Crippen molar-refractivity contribution in [3.05, 3.63) is 0 Å². The van der Waals surface area contributed by atoms with Crippen LogP contribution in [0.15, 0.2) is 0 Å². The molecule has 5 nitrogen and oxygen atoms in total. The molecular weight excluding hydrogens is 280 g/mol. The van der Waals surface area contributed by atoms with Gasteiger partial charge in [-0.25, -0.2) is 4.79 Å². The lowest BCUT2D eigenvalue weighted by Crippen LogP contribution is -2.39. The van der Waals surface area contributed by atoms with Crippen LogP contribution in [0.1, 0.15) is 65.7 Å². The summed E-state index contributed by atoms with van der Waals surface area (Å²) in [5, 5.41) is 6.51. The van der Waals surface area contributed by atoms with E-state index in [9.17, 15) is 4.79 Å². The Morgan fingerprint density at radius 3 is 2.45 bits per heavy atom. The van der Waals surface area contributed by atoms with Crippen LogP contribution in [-0.2, 0) is 9.47 Å². The van der Waals surface area contributed by atoms with E-state index in [2.05, 4.69) is 10.6 Å². The molecule has 0 aromatic heterocycles. The third-order valence-electron chi connectivity index (χ3n) is 4.34. The average Bonchev–Trinajstić information content (AvgIpc) is 3.04. The van der Waals surface area contributed by atoms with Gasteiger partial charge in [0.05, 0.1) is 12.7 Å². The molecule has 0 aliphatic heterocycles. The number of rotatable bonds is 6. The number of carbonyl (C=O) groups is 1. The van der Waals surface area contributed by atoms with Gasteiger partial charge in [0, 0.05) is 18.6 Å². The van der Waals surface area contributed by atoms with Gasteiger partial charge < -0.3 is 20.1 Å². The van der Waals surface area contributed by atoms with E-state index >= 15 is 0 Å². The van der Waals surface area contributed by atoms with E-state index in [1.165, 1.54) is 25.7 Å². The predicted molar refractivity (Wildman–Crippen MR) is 87.0 cm³/mol. The molecule has 0 spiro atoms. The topological polar surface area (TPSA) is 59.6 Å². The first-order chi connectivity index (χ1) is 10.4. The van der Waals surface area contributed by atoms with Crippen molar-refractivity contribution in [3.8, 4) is 0 Å². The van der Waals surface area contributed by atoms with Crippen LogP contribution < -0.4 is 10.6 Å². The number of alkyl carbamates (subject to hydrolysis) is 1. The van der Waals surface area contributed by atoms with Crippen LogP contribution in [0.2, 0.25) is 0 Å². The number of ether oxygens (including phenoxy) is 2. The minimum absolute atomic E-state index is 0.225. The van der Waals surface area contributed by atoms with Gasteiger partial charge in [-0.2, -0.15) is 0 Å². The van der Waals surface area contributed by atoms with Crippen LogP contribution in [0, 0.1) is 0 Å². The SMILES string of the molecule is CC(C)(C)OC(=O)NC1CCC(NCCOC2CCCC2)C1. The Kier molecular flexibility index (Phi) is 6.50. The molecule has 2 unspecified atom stereocenters. The zero-order chi connectivity index (χ0) is 16.0. The van der Waals surface area contributed by atoms with Gasteiger partial charge in [-0.3, -0.25) is 0 Å². The second-order valence-electron chi connectivity index (χ2n) is 7.58. The average molecular weight is 312 g/mol. The van der Waals surface area contributed by atoms with E-state index in [0.29, 0.717) is 12.1 Å². The van der Waals surface area contributed by atoms with Gasteiger partial charge in [0.1, 0.15) is 5.60 Å². The number of hydrogen-bond acceptors (Lipinski definition) is 4. The molecule has 0 radical (unpaired) electrons. The minimum Gasteiger partial charge on any atom is -0.444 e. The van der Waals surface area contributed by atoms with E-state index in [0.717, 1.165) is 32.4 Å². The highest BCUT2D eigenvalue weighted by Crippen LogP contribution is 2.21. The molecule has 2 saturated carbocycles. The molecular formula is C17H32N2O3. The molecule has 0 bridgehead atoms. The molecule has 0 heterocycles. The number of nitrogens with one attached hydrogen (secondary N) is 2. The van der Waals surface area contributed by atoms with Gasteiger partial charge in [0.2, 0.25) is 0 Å². The van der Waals surface area contributed by atoms with Gasteiger partial charge >= 0.3 is 6.09 Å². The summed E-state index contributed by atoms with van der Waals surface area (Å²) in [4.78, 5) is 11.8.